The molecule has 1 heterocycles. The number of carbonyl (C=O) groups is 3. The molecule has 1 atom stereocenters. The van der Waals surface area contributed by atoms with Gasteiger partial charge in [-0.25, -0.2) is 0 Å². The molecule has 0 aliphatic heterocycles. The molecule has 0 unspecified atom stereocenters. The number of rotatable bonds is 12. The van der Waals surface area contributed by atoms with Crippen molar-refractivity contribution in [2.45, 2.75) is 10.1 Å². The predicted molar refractivity (Wildman–Crippen MR) is 198 cm³/mol. The standard InChI is InChI=1S/C41H33N3O5S/c1-48-33-19-11-18-32(26-33)43-41(47)38(29-14-7-3-8-15-29)50-35-23-20-31(21-24-35)42-40(46)36(44-39(45)30-16-9-4-10-17-30)27-34-22-25-37(49-34)28-12-5-2-6-13-28/h2-27,38H,1H3,(H,42,46)(H,43,47)(H,44,45)/b36-27+/t38-/m1/s1. The molecule has 6 rings (SSSR count). The number of furan rings is 1. The van der Waals surface area contributed by atoms with Crippen molar-refractivity contribution in [1.29, 1.82) is 0 Å². The van der Waals surface area contributed by atoms with Gasteiger partial charge < -0.3 is 25.1 Å². The lowest BCUT2D eigenvalue weighted by Crippen LogP contribution is -2.30. The maximum Gasteiger partial charge on any atom is 0.272 e. The van der Waals surface area contributed by atoms with Gasteiger partial charge in [0.1, 0.15) is 28.2 Å². The molecule has 8 nitrogen and oxygen atoms in total. The van der Waals surface area contributed by atoms with Gasteiger partial charge in [0.05, 0.1) is 7.11 Å². The van der Waals surface area contributed by atoms with E-state index >= 15 is 0 Å². The maximum atomic E-state index is 13.6. The summed E-state index contributed by atoms with van der Waals surface area (Å²) in [6, 6.07) is 45.7. The second-order valence-electron chi connectivity index (χ2n) is 11.1. The van der Waals surface area contributed by atoms with E-state index < -0.39 is 17.1 Å². The number of nitrogens with one attached hydrogen (secondary N) is 3. The first-order valence-electron chi connectivity index (χ1n) is 15.8. The fraction of sp³-hybridized carbons (Fsp3) is 0.0488. The van der Waals surface area contributed by atoms with E-state index in [2.05, 4.69) is 16.0 Å². The van der Waals surface area contributed by atoms with Gasteiger partial charge in [-0.3, -0.25) is 14.4 Å². The third-order valence-corrected chi connectivity index (χ3v) is 8.81. The SMILES string of the molecule is COc1cccc(NC(=O)[C@H](Sc2ccc(NC(=O)/C(=C\c3ccc(-c4ccccc4)o3)NC(=O)c3ccccc3)cc2)c2ccccc2)c1. The first-order chi connectivity index (χ1) is 24.4. The summed E-state index contributed by atoms with van der Waals surface area (Å²) in [4.78, 5) is 41.1. The summed E-state index contributed by atoms with van der Waals surface area (Å²) >= 11 is 1.38. The Kier molecular flexibility index (Phi) is 10.9. The zero-order chi connectivity index (χ0) is 34.7. The molecule has 1 aromatic heterocycles. The molecule has 3 amide bonds. The monoisotopic (exact) mass is 679 g/mol. The van der Waals surface area contributed by atoms with Crippen LogP contribution in [0.5, 0.6) is 5.75 Å². The largest absolute Gasteiger partial charge is 0.497 e. The van der Waals surface area contributed by atoms with Gasteiger partial charge in [0.15, 0.2) is 0 Å². The Hall–Kier alpha value is -6.32. The van der Waals surface area contributed by atoms with Gasteiger partial charge in [-0.1, -0.05) is 84.9 Å². The van der Waals surface area contributed by atoms with Crippen LogP contribution in [0, 0.1) is 0 Å². The van der Waals surface area contributed by atoms with Gasteiger partial charge in [-0.05, 0) is 66.2 Å². The minimum atomic E-state index is -0.556. The highest BCUT2D eigenvalue weighted by Gasteiger charge is 2.23. The molecule has 3 N–H and O–H groups in total. The number of hydrogen-bond acceptors (Lipinski definition) is 6. The summed E-state index contributed by atoms with van der Waals surface area (Å²) in [5, 5.41) is 8.05. The Bertz CT molecular complexity index is 2100. The average molecular weight is 680 g/mol. The number of hydrogen-bond donors (Lipinski definition) is 3. The Labute approximate surface area is 294 Å². The summed E-state index contributed by atoms with van der Waals surface area (Å²) < 4.78 is 11.3. The molecule has 248 valence electrons. The number of benzene rings is 5. The molecule has 0 aliphatic rings. The smallest absolute Gasteiger partial charge is 0.272 e. The Morgan fingerprint density at radius 1 is 0.700 bits per heavy atom. The number of ether oxygens (including phenoxy) is 1. The van der Waals surface area contributed by atoms with Gasteiger partial charge in [-0.15, -0.1) is 11.8 Å². The van der Waals surface area contributed by atoms with E-state index in [4.69, 9.17) is 9.15 Å². The molecule has 5 aromatic carbocycles. The van der Waals surface area contributed by atoms with Crippen LogP contribution in [-0.4, -0.2) is 24.8 Å². The van der Waals surface area contributed by atoms with Crippen molar-refractivity contribution >= 4 is 46.9 Å². The van der Waals surface area contributed by atoms with Crippen LogP contribution < -0.4 is 20.7 Å². The number of carbonyl (C=O) groups excluding carboxylic acids is 3. The molecule has 0 bridgehead atoms. The van der Waals surface area contributed by atoms with Gasteiger partial charge >= 0.3 is 0 Å². The highest BCUT2D eigenvalue weighted by atomic mass is 32.2. The first kappa shape index (κ1) is 33.6. The van der Waals surface area contributed by atoms with Crippen molar-refractivity contribution in [3.8, 4) is 17.1 Å². The number of thioether (sulfide) groups is 1. The third-order valence-electron chi connectivity index (χ3n) is 7.54. The second-order valence-corrected chi connectivity index (χ2v) is 12.2. The summed E-state index contributed by atoms with van der Waals surface area (Å²) in [6.45, 7) is 0. The van der Waals surface area contributed by atoms with Crippen LogP contribution in [0.4, 0.5) is 11.4 Å². The van der Waals surface area contributed by atoms with E-state index in [9.17, 15) is 14.4 Å². The summed E-state index contributed by atoms with van der Waals surface area (Å²) in [5.74, 6) is 0.505. The summed E-state index contributed by atoms with van der Waals surface area (Å²) in [6.07, 6.45) is 1.50. The fourth-order valence-corrected chi connectivity index (χ4v) is 6.06. The summed E-state index contributed by atoms with van der Waals surface area (Å²) in [7, 11) is 1.58. The lowest BCUT2D eigenvalue weighted by molar-refractivity contribution is -0.116. The van der Waals surface area contributed by atoms with Crippen LogP contribution in [-0.2, 0) is 9.59 Å². The molecule has 0 spiro atoms. The Balaban J connectivity index is 1.19. The van der Waals surface area contributed by atoms with Gasteiger partial charge in [0.25, 0.3) is 11.8 Å². The van der Waals surface area contributed by atoms with Crippen LogP contribution in [0.25, 0.3) is 17.4 Å². The fourth-order valence-electron chi connectivity index (χ4n) is 5.03. The minimum absolute atomic E-state index is 0.00428. The van der Waals surface area contributed by atoms with Crippen LogP contribution in [0.1, 0.15) is 26.9 Å². The van der Waals surface area contributed by atoms with E-state index in [1.165, 1.54) is 17.8 Å². The minimum Gasteiger partial charge on any atom is -0.497 e. The van der Waals surface area contributed by atoms with Crippen LogP contribution in [0.3, 0.4) is 0 Å². The zero-order valence-corrected chi connectivity index (χ0v) is 27.9. The molecule has 6 aromatic rings. The van der Waals surface area contributed by atoms with E-state index in [-0.39, 0.29) is 11.6 Å². The molecular weight excluding hydrogens is 647 g/mol. The zero-order valence-electron chi connectivity index (χ0n) is 27.0. The molecule has 9 heteroatoms. The van der Waals surface area contributed by atoms with Gasteiger partial charge in [0.2, 0.25) is 5.91 Å². The van der Waals surface area contributed by atoms with E-state index in [0.717, 1.165) is 16.0 Å². The number of anilines is 2. The van der Waals surface area contributed by atoms with Crippen molar-refractivity contribution in [2.75, 3.05) is 17.7 Å². The van der Waals surface area contributed by atoms with E-state index in [0.29, 0.717) is 34.2 Å². The predicted octanol–water partition coefficient (Wildman–Crippen LogP) is 8.84. The molecule has 0 saturated carbocycles. The lowest BCUT2D eigenvalue weighted by Gasteiger charge is -2.18. The van der Waals surface area contributed by atoms with Crippen molar-refractivity contribution in [3.63, 3.8) is 0 Å². The normalized spacial score (nSPS) is 11.7. The highest BCUT2D eigenvalue weighted by Crippen LogP contribution is 2.37. The first-order valence-corrected chi connectivity index (χ1v) is 16.6. The topological polar surface area (TPSA) is 110 Å². The van der Waals surface area contributed by atoms with Gasteiger partial charge in [0, 0.05) is 39.5 Å². The maximum absolute atomic E-state index is 13.6. The molecule has 0 saturated heterocycles. The molecular formula is C41H33N3O5S. The Morgan fingerprint density at radius 2 is 1.38 bits per heavy atom. The van der Waals surface area contributed by atoms with E-state index in [1.807, 2.05) is 103 Å². The molecule has 50 heavy (non-hydrogen) atoms. The average Bonchev–Trinajstić information content (AvgIpc) is 3.64. The molecule has 0 fully saturated rings. The third kappa shape index (κ3) is 8.77. The van der Waals surface area contributed by atoms with Crippen LogP contribution in [0.15, 0.2) is 167 Å². The number of amides is 3. The van der Waals surface area contributed by atoms with Crippen molar-refractivity contribution in [3.05, 3.63) is 174 Å². The number of methoxy groups -OCH3 is 1. The molecule has 0 radical (unpaired) electrons. The van der Waals surface area contributed by atoms with Crippen molar-refractivity contribution in [1.82, 2.24) is 5.32 Å². The van der Waals surface area contributed by atoms with Crippen LogP contribution in [0.2, 0.25) is 0 Å². The quantitative estimate of drug-likeness (QED) is 0.0881. The Morgan fingerprint density at radius 3 is 2.08 bits per heavy atom. The molecule has 0 aliphatic carbocycles. The lowest BCUT2D eigenvalue weighted by atomic mass is 10.1. The second kappa shape index (κ2) is 16.2. The van der Waals surface area contributed by atoms with Crippen LogP contribution >= 0.6 is 11.8 Å². The van der Waals surface area contributed by atoms with Gasteiger partial charge in [-0.2, -0.15) is 0 Å². The highest BCUT2D eigenvalue weighted by molar-refractivity contribution is 8.00. The van der Waals surface area contributed by atoms with Crippen molar-refractivity contribution < 1.29 is 23.5 Å². The van der Waals surface area contributed by atoms with Crippen molar-refractivity contribution in [2.24, 2.45) is 0 Å². The van der Waals surface area contributed by atoms with E-state index in [1.54, 1.807) is 55.6 Å². The summed E-state index contributed by atoms with van der Waals surface area (Å²) in [5.41, 5.74) is 3.26.